The second-order valence-corrected chi connectivity index (χ2v) is 4.69. The monoisotopic (exact) mass is 270 g/mol. The maximum absolute atomic E-state index is 4.34. The molecule has 82 valence electrons. The zero-order valence-electron chi connectivity index (χ0n) is 8.86. The standard InChI is InChI=1S/C10H15BrN4/c1-14-4-6-15(7-5-14)8-10-12-3-2-9(11)13-10/h2-3H,4-8H2,1H3. The predicted octanol–water partition coefficient (Wildman–Crippen LogP) is 0.986. The van der Waals surface area contributed by atoms with Crippen LogP contribution in [0.1, 0.15) is 5.82 Å². The van der Waals surface area contributed by atoms with E-state index >= 15 is 0 Å². The third-order valence-electron chi connectivity index (χ3n) is 2.63. The van der Waals surface area contributed by atoms with Crippen LogP contribution in [0.2, 0.25) is 0 Å². The number of nitrogens with zero attached hydrogens (tertiary/aromatic N) is 4. The lowest BCUT2D eigenvalue weighted by molar-refractivity contribution is 0.145. The molecule has 15 heavy (non-hydrogen) atoms. The van der Waals surface area contributed by atoms with Gasteiger partial charge in [-0.25, -0.2) is 9.97 Å². The summed E-state index contributed by atoms with van der Waals surface area (Å²) in [6.45, 7) is 5.33. The number of piperazine rings is 1. The van der Waals surface area contributed by atoms with Crippen molar-refractivity contribution in [3.05, 3.63) is 22.7 Å². The van der Waals surface area contributed by atoms with Gasteiger partial charge >= 0.3 is 0 Å². The van der Waals surface area contributed by atoms with Crippen LogP contribution in [-0.4, -0.2) is 53.0 Å². The molecule has 1 aliphatic heterocycles. The van der Waals surface area contributed by atoms with E-state index < -0.39 is 0 Å². The molecule has 0 amide bonds. The Morgan fingerprint density at radius 1 is 1.33 bits per heavy atom. The first-order valence-corrected chi connectivity index (χ1v) is 5.91. The Hall–Kier alpha value is -0.520. The van der Waals surface area contributed by atoms with E-state index in [0.717, 1.165) is 43.2 Å². The highest BCUT2D eigenvalue weighted by Crippen LogP contribution is 2.07. The van der Waals surface area contributed by atoms with Gasteiger partial charge in [0.2, 0.25) is 0 Å². The Balaban J connectivity index is 1.92. The molecule has 0 aromatic carbocycles. The van der Waals surface area contributed by atoms with Crippen LogP contribution in [0.15, 0.2) is 16.9 Å². The van der Waals surface area contributed by atoms with Gasteiger partial charge in [-0.1, -0.05) is 0 Å². The van der Waals surface area contributed by atoms with Crippen molar-refractivity contribution >= 4 is 15.9 Å². The first-order valence-electron chi connectivity index (χ1n) is 5.12. The van der Waals surface area contributed by atoms with Crippen molar-refractivity contribution in [2.24, 2.45) is 0 Å². The van der Waals surface area contributed by atoms with E-state index in [1.54, 1.807) is 6.20 Å². The van der Waals surface area contributed by atoms with Crippen molar-refractivity contribution < 1.29 is 0 Å². The zero-order valence-corrected chi connectivity index (χ0v) is 10.4. The Kier molecular flexibility index (Phi) is 3.66. The molecule has 1 saturated heterocycles. The summed E-state index contributed by atoms with van der Waals surface area (Å²) in [5.74, 6) is 0.897. The van der Waals surface area contributed by atoms with Gasteiger partial charge in [-0.05, 0) is 29.0 Å². The number of hydrogen-bond donors (Lipinski definition) is 0. The van der Waals surface area contributed by atoms with Crippen molar-refractivity contribution in [2.75, 3.05) is 33.2 Å². The highest BCUT2D eigenvalue weighted by molar-refractivity contribution is 9.10. The predicted molar refractivity (Wildman–Crippen MR) is 62.5 cm³/mol. The molecule has 4 nitrogen and oxygen atoms in total. The summed E-state index contributed by atoms with van der Waals surface area (Å²) in [6.07, 6.45) is 1.79. The normalized spacial score (nSPS) is 19.3. The fourth-order valence-corrected chi connectivity index (χ4v) is 1.98. The molecule has 5 heteroatoms. The lowest BCUT2D eigenvalue weighted by Crippen LogP contribution is -2.44. The smallest absolute Gasteiger partial charge is 0.143 e. The Bertz CT molecular complexity index is 323. The van der Waals surface area contributed by atoms with E-state index in [1.165, 1.54) is 0 Å². The molecule has 2 heterocycles. The first kappa shape index (κ1) is 11.0. The summed E-state index contributed by atoms with van der Waals surface area (Å²) in [7, 11) is 2.16. The molecule has 0 atom stereocenters. The van der Waals surface area contributed by atoms with Gasteiger partial charge in [-0.3, -0.25) is 4.90 Å². The fraction of sp³-hybridized carbons (Fsp3) is 0.600. The number of hydrogen-bond acceptors (Lipinski definition) is 4. The average Bonchev–Trinajstić information content (AvgIpc) is 2.22. The van der Waals surface area contributed by atoms with Crippen LogP contribution in [0.25, 0.3) is 0 Å². The van der Waals surface area contributed by atoms with E-state index in [2.05, 4.69) is 42.7 Å². The molecule has 0 radical (unpaired) electrons. The molecule has 0 bridgehead atoms. The second-order valence-electron chi connectivity index (χ2n) is 3.88. The van der Waals surface area contributed by atoms with Crippen molar-refractivity contribution in [1.29, 1.82) is 0 Å². The maximum Gasteiger partial charge on any atom is 0.143 e. The van der Waals surface area contributed by atoms with Crippen LogP contribution in [-0.2, 0) is 6.54 Å². The number of halogens is 1. The highest BCUT2D eigenvalue weighted by atomic mass is 79.9. The van der Waals surface area contributed by atoms with Gasteiger partial charge in [0.25, 0.3) is 0 Å². The Labute approximate surface area is 98.4 Å². The molecule has 2 rings (SSSR count). The molecule has 0 unspecified atom stereocenters. The SMILES string of the molecule is CN1CCN(Cc2nccc(Br)n2)CC1. The minimum Gasteiger partial charge on any atom is -0.304 e. The minimum absolute atomic E-state index is 0.854. The largest absolute Gasteiger partial charge is 0.304 e. The molecule has 1 aliphatic rings. The van der Waals surface area contributed by atoms with Gasteiger partial charge in [0.05, 0.1) is 6.54 Å². The Morgan fingerprint density at radius 2 is 2.07 bits per heavy atom. The van der Waals surface area contributed by atoms with E-state index in [0.29, 0.717) is 0 Å². The van der Waals surface area contributed by atoms with Crippen LogP contribution in [0.4, 0.5) is 0 Å². The molecule has 1 aromatic rings. The average molecular weight is 271 g/mol. The van der Waals surface area contributed by atoms with Crippen molar-refractivity contribution in [1.82, 2.24) is 19.8 Å². The van der Waals surface area contributed by atoms with Crippen molar-refractivity contribution in [2.45, 2.75) is 6.54 Å². The molecule has 0 aliphatic carbocycles. The highest BCUT2D eigenvalue weighted by Gasteiger charge is 2.14. The first-order chi connectivity index (χ1) is 7.24. The molecule has 0 N–H and O–H groups in total. The van der Waals surface area contributed by atoms with Crippen LogP contribution < -0.4 is 0 Å². The van der Waals surface area contributed by atoms with Gasteiger partial charge in [0, 0.05) is 32.4 Å². The van der Waals surface area contributed by atoms with Gasteiger partial charge in [0.15, 0.2) is 0 Å². The summed E-state index contributed by atoms with van der Waals surface area (Å²) in [5.41, 5.74) is 0. The second kappa shape index (κ2) is 5.01. The van der Waals surface area contributed by atoms with Crippen molar-refractivity contribution in [3.63, 3.8) is 0 Å². The van der Waals surface area contributed by atoms with E-state index in [9.17, 15) is 0 Å². The summed E-state index contributed by atoms with van der Waals surface area (Å²) in [5, 5.41) is 0. The third kappa shape index (κ3) is 3.22. The summed E-state index contributed by atoms with van der Waals surface area (Å²) >= 11 is 3.36. The number of likely N-dealkylation sites (N-methyl/N-ethyl adjacent to an activating group) is 1. The maximum atomic E-state index is 4.34. The van der Waals surface area contributed by atoms with Crippen LogP contribution in [0.3, 0.4) is 0 Å². The van der Waals surface area contributed by atoms with E-state index in [4.69, 9.17) is 0 Å². The van der Waals surface area contributed by atoms with Crippen LogP contribution in [0, 0.1) is 0 Å². The molecule has 1 fully saturated rings. The van der Waals surface area contributed by atoms with Crippen LogP contribution in [0.5, 0.6) is 0 Å². The molecule has 0 saturated carbocycles. The number of aromatic nitrogens is 2. The third-order valence-corrected chi connectivity index (χ3v) is 3.07. The molecule has 1 aromatic heterocycles. The van der Waals surface area contributed by atoms with Gasteiger partial charge in [0.1, 0.15) is 10.4 Å². The topological polar surface area (TPSA) is 32.3 Å². The number of rotatable bonds is 2. The van der Waals surface area contributed by atoms with Gasteiger partial charge in [-0.2, -0.15) is 0 Å². The molecule has 0 spiro atoms. The minimum atomic E-state index is 0.854. The van der Waals surface area contributed by atoms with Crippen molar-refractivity contribution in [3.8, 4) is 0 Å². The molecular weight excluding hydrogens is 256 g/mol. The van der Waals surface area contributed by atoms with Gasteiger partial charge in [-0.15, -0.1) is 0 Å². The lowest BCUT2D eigenvalue weighted by Gasteiger charge is -2.31. The fourth-order valence-electron chi connectivity index (χ4n) is 1.66. The lowest BCUT2D eigenvalue weighted by atomic mass is 10.3. The summed E-state index contributed by atoms with van der Waals surface area (Å²) in [4.78, 5) is 13.3. The van der Waals surface area contributed by atoms with E-state index in [-0.39, 0.29) is 0 Å². The van der Waals surface area contributed by atoms with E-state index in [1.807, 2.05) is 6.07 Å². The zero-order chi connectivity index (χ0) is 10.7. The Morgan fingerprint density at radius 3 is 2.73 bits per heavy atom. The van der Waals surface area contributed by atoms with Crippen LogP contribution >= 0.6 is 15.9 Å². The molecular formula is C10H15BrN4. The summed E-state index contributed by atoms with van der Waals surface area (Å²) < 4.78 is 0.863. The quantitative estimate of drug-likeness (QED) is 0.751. The summed E-state index contributed by atoms with van der Waals surface area (Å²) in [6, 6.07) is 1.85. The van der Waals surface area contributed by atoms with Gasteiger partial charge < -0.3 is 4.90 Å².